The Morgan fingerprint density at radius 3 is 2.88 bits per heavy atom. The first-order valence-corrected chi connectivity index (χ1v) is 11.7. The largest absolute Gasteiger partial charge is 0.449 e. The Morgan fingerprint density at radius 2 is 2.06 bits per heavy atom. The quantitative estimate of drug-likeness (QED) is 0.633. The molecule has 1 N–H and O–H groups in total. The average Bonchev–Trinajstić information content (AvgIpc) is 3.56. The number of furan rings is 1. The lowest BCUT2D eigenvalue weighted by Crippen LogP contribution is -2.52. The van der Waals surface area contributed by atoms with Gasteiger partial charge in [0.15, 0.2) is 23.1 Å². The van der Waals surface area contributed by atoms with Gasteiger partial charge in [0.1, 0.15) is 12.3 Å². The maximum atomic E-state index is 13.1. The van der Waals surface area contributed by atoms with Gasteiger partial charge in [-0.2, -0.15) is 5.10 Å². The number of amides is 1. The molecule has 174 valence electrons. The number of carbonyl (C=O) groups excluding carboxylic acids is 3. The fourth-order valence-electron chi connectivity index (χ4n) is 5.27. The number of Topliss-reactive ketones (excluding diaryl/α,β-unsaturated/α-hetero) is 2. The monoisotopic (exact) mass is 472 g/mol. The number of nitrogens with zero attached hydrogens (tertiary/aromatic N) is 3. The lowest BCUT2D eigenvalue weighted by molar-refractivity contribution is -0.128. The van der Waals surface area contributed by atoms with Crippen LogP contribution in [0.4, 0.5) is 0 Å². The van der Waals surface area contributed by atoms with Gasteiger partial charge in [0.2, 0.25) is 0 Å². The van der Waals surface area contributed by atoms with Gasteiger partial charge in [-0.25, -0.2) is 0 Å². The van der Waals surface area contributed by atoms with E-state index in [0.717, 1.165) is 25.7 Å². The lowest BCUT2D eigenvalue weighted by Gasteiger charge is -2.39. The minimum Gasteiger partial charge on any atom is -0.449 e. The Morgan fingerprint density at radius 1 is 1.21 bits per heavy atom. The number of rotatable bonds is 6. The Bertz CT molecular complexity index is 1040. The average molecular weight is 473 g/mol. The summed E-state index contributed by atoms with van der Waals surface area (Å²) in [4.78, 5) is 40.2. The predicted octanol–water partition coefficient (Wildman–Crippen LogP) is 1.85. The fraction of sp³-hybridized carbons (Fsp3) is 0.522. The summed E-state index contributed by atoms with van der Waals surface area (Å²) in [5.41, 5.74) is 0.518. The number of alkyl halides is 1. The third-order valence-corrected chi connectivity index (χ3v) is 7.19. The van der Waals surface area contributed by atoms with Crippen molar-refractivity contribution in [3.8, 4) is 11.5 Å². The molecule has 1 saturated carbocycles. The van der Waals surface area contributed by atoms with Crippen LogP contribution in [0.3, 0.4) is 0 Å². The molecule has 10 heteroatoms. The molecule has 3 aliphatic rings. The van der Waals surface area contributed by atoms with Crippen molar-refractivity contribution in [2.75, 3.05) is 19.7 Å². The number of fused-ring (bicyclic) bond motifs is 1. The molecule has 1 aliphatic carbocycles. The molecule has 1 unspecified atom stereocenters. The van der Waals surface area contributed by atoms with Gasteiger partial charge in [-0.3, -0.25) is 19.3 Å². The first-order valence-electron chi connectivity index (χ1n) is 11.3. The van der Waals surface area contributed by atoms with Gasteiger partial charge >= 0.3 is 0 Å². The molecular weight excluding hydrogens is 448 g/mol. The van der Waals surface area contributed by atoms with Crippen LogP contribution in [-0.4, -0.2) is 75.8 Å². The summed E-state index contributed by atoms with van der Waals surface area (Å²) in [5.74, 6) is -0.215. The van der Waals surface area contributed by atoms with E-state index in [1.807, 2.05) is 0 Å². The van der Waals surface area contributed by atoms with E-state index in [0.29, 0.717) is 18.0 Å². The molecule has 5 rings (SSSR count). The molecule has 0 aromatic carbocycles. The molecule has 9 nitrogen and oxygen atoms in total. The molecule has 4 heterocycles. The highest BCUT2D eigenvalue weighted by molar-refractivity contribution is 6.22. The van der Waals surface area contributed by atoms with Crippen molar-refractivity contribution >= 4 is 29.1 Å². The van der Waals surface area contributed by atoms with Crippen molar-refractivity contribution in [1.82, 2.24) is 20.4 Å². The second-order valence-corrected chi connectivity index (χ2v) is 9.34. The first kappa shape index (κ1) is 22.2. The smallest absolute Gasteiger partial charge is 0.287 e. The first-order chi connectivity index (χ1) is 16.0. The number of ketones is 2. The molecule has 2 aliphatic heterocycles. The Labute approximate surface area is 195 Å². The lowest BCUT2D eigenvalue weighted by atomic mass is 9.80. The van der Waals surface area contributed by atoms with Crippen molar-refractivity contribution in [2.24, 2.45) is 5.92 Å². The van der Waals surface area contributed by atoms with Crippen molar-refractivity contribution in [3.63, 3.8) is 0 Å². The second kappa shape index (κ2) is 9.32. The predicted molar refractivity (Wildman–Crippen MR) is 118 cm³/mol. The zero-order valence-corrected chi connectivity index (χ0v) is 18.7. The van der Waals surface area contributed by atoms with Gasteiger partial charge < -0.3 is 14.5 Å². The summed E-state index contributed by atoms with van der Waals surface area (Å²) < 4.78 is 11.2. The summed E-state index contributed by atoms with van der Waals surface area (Å²) in [6.45, 7) is 0.509. The van der Waals surface area contributed by atoms with E-state index in [1.165, 1.54) is 0 Å². The number of carbonyl (C=O) groups is 3. The molecule has 2 aromatic heterocycles. The van der Waals surface area contributed by atoms with Gasteiger partial charge in [-0.15, -0.1) is 16.7 Å². The topological polar surface area (TPSA) is 115 Å². The number of aromatic nitrogens is 2. The SMILES string of the molecule is O=C(NCC(=O)[C@H]1CCCCC1N1C[C@H](Cl)[C@H]2OCC(=O)[C@H]21)c1ccc(-c2cccnn2)o1. The number of halogens is 1. The van der Waals surface area contributed by atoms with E-state index in [9.17, 15) is 14.4 Å². The van der Waals surface area contributed by atoms with E-state index >= 15 is 0 Å². The highest BCUT2D eigenvalue weighted by atomic mass is 35.5. The van der Waals surface area contributed by atoms with Crippen molar-refractivity contribution in [3.05, 3.63) is 36.2 Å². The van der Waals surface area contributed by atoms with Crippen molar-refractivity contribution < 1.29 is 23.5 Å². The summed E-state index contributed by atoms with van der Waals surface area (Å²) in [7, 11) is 0. The molecule has 0 bridgehead atoms. The molecule has 2 aromatic rings. The zero-order chi connectivity index (χ0) is 22.9. The Balaban J connectivity index is 1.23. The van der Waals surface area contributed by atoms with Gasteiger partial charge in [-0.05, 0) is 37.1 Å². The van der Waals surface area contributed by atoms with Crippen LogP contribution in [0.15, 0.2) is 34.9 Å². The number of likely N-dealkylation sites (tertiary alicyclic amines) is 1. The summed E-state index contributed by atoms with van der Waals surface area (Å²) in [6.07, 6.45) is 4.73. The summed E-state index contributed by atoms with van der Waals surface area (Å²) in [6, 6.07) is 6.20. The minimum atomic E-state index is -0.465. The van der Waals surface area contributed by atoms with Crippen LogP contribution >= 0.6 is 11.6 Å². The van der Waals surface area contributed by atoms with Crippen molar-refractivity contribution in [1.29, 1.82) is 0 Å². The summed E-state index contributed by atoms with van der Waals surface area (Å²) in [5, 5.41) is 10.2. The molecular formula is C23H25ClN4O5. The van der Waals surface area contributed by atoms with E-state index in [4.69, 9.17) is 20.8 Å². The van der Waals surface area contributed by atoms with Crippen LogP contribution in [0, 0.1) is 5.92 Å². The number of ether oxygens (including phenoxy) is 1. The number of hydrogen-bond acceptors (Lipinski definition) is 8. The van der Waals surface area contributed by atoms with Gasteiger partial charge in [-0.1, -0.05) is 12.8 Å². The van der Waals surface area contributed by atoms with Gasteiger partial charge in [0.05, 0.1) is 24.1 Å². The maximum Gasteiger partial charge on any atom is 0.287 e. The van der Waals surface area contributed by atoms with E-state index in [-0.39, 0.29) is 60.0 Å². The highest BCUT2D eigenvalue weighted by Crippen LogP contribution is 2.38. The third-order valence-electron chi connectivity index (χ3n) is 6.80. The van der Waals surface area contributed by atoms with Gasteiger partial charge in [0, 0.05) is 24.7 Å². The molecule has 0 radical (unpaired) electrons. The molecule has 2 saturated heterocycles. The van der Waals surface area contributed by atoms with Crippen LogP contribution in [-0.2, 0) is 14.3 Å². The molecule has 5 atom stereocenters. The normalized spacial score (nSPS) is 29.7. The Hall–Kier alpha value is -2.62. The third kappa shape index (κ3) is 4.32. The minimum absolute atomic E-state index is 0.0324. The van der Waals surface area contributed by atoms with Crippen LogP contribution in [0.2, 0.25) is 0 Å². The van der Waals surface area contributed by atoms with Crippen molar-refractivity contribution in [2.45, 2.75) is 49.2 Å². The van der Waals surface area contributed by atoms with E-state index in [2.05, 4.69) is 20.4 Å². The zero-order valence-electron chi connectivity index (χ0n) is 18.0. The van der Waals surface area contributed by atoms with Crippen LogP contribution in [0.5, 0.6) is 0 Å². The molecule has 3 fully saturated rings. The molecule has 0 spiro atoms. The van der Waals surface area contributed by atoms with Crippen LogP contribution in [0.25, 0.3) is 11.5 Å². The fourth-order valence-corrected chi connectivity index (χ4v) is 5.64. The maximum absolute atomic E-state index is 13.1. The second-order valence-electron chi connectivity index (χ2n) is 8.78. The molecule has 1 amide bonds. The standard InChI is InChI=1S/C23H25ClN4O5/c24-14-11-28(21-18(30)12-32-22(14)21)16-6-2-1-4-13(16)17(29)10-25-23(31)20-8-7-19(33-20)15-5-3-9-26-27-15/h3,5,7-9,13-14,16,21-22H,1-2,4,6,10-12H2,(H,25,31)/t13-,14-,16?,21+,22+/m0/s1. The van der Waals surface area contributed by atoms with E-state index in [1.54, 1.807) is 30.5 Å². The van der Waals surface area contributed by atoms with Crippen LogP contribution < -0.4 is 5.32 Å². The number of hydrogen-bond donors (Lipinski definition) is 1. The highest BCUT2D eigenvalue weighted by Gasteiger charge is 2.53. The molecule has 33 heavy (non-hydrogen) atoms. The summed E-state index contributed by atoms with van der Waals surface area (Å²) >= 11 is 6.46. The number of nitrogens with one attached hydrogen (secondary N) is 1. The van der Waals surface area contributed by atoms with Gasteiger partial charge in [0.25, 0.3) is 5.91 Å². The van der Waals surface area contributed by atoms with Crippen LogP contribution in [0.1, 0.15) is 36.2 Å². The van der Waals surface area contributed by atoms with E-state index < -0.39 is 5.91 Å². The Kier molecular flexibility index (Phi) is 6.27.